The van der Waals surface area contributed by atoms with Gasteiger partial charge in [-0.15, -0.1) is 0 Å². The van der Waals surface area contributed by atoms with Crippen LogP contribution in [0.15, 0.2) is 42.5 Å². The third kappa shape index (κ3) is 4.89. The number of anilines is 1. The average Bonchev–Trinajstić information content (AvgIpc) is 2.54. The summed E-state index contributed by atoms with van der Waals surface area (Å²) >= 11 is 5.92. The molecule has 122 valence electrons. The Labute approximate surface area is 141 Å². The maximum absolute atomic E-state index is 12.4. The van der Waals surface area contributed by atoms with Gasteiger partial charge in [-0.3, -0.25) is 4.79 Å². The lowest BCUT2D eigenvalue weighted by Gasteiger charge is -2.13. The Morgan fingerprint density at radius 1 is 1.09 bits per heavy atom. The number of halogens is 1. The Bertz CT molecular complexity index is 673. The first kappa shape index (κ1) is 17.2. The molecule has 23 heavy (non-hydrogen) atoms. The fourth-order valence-corrected chi connectivity index (χ4v) is 2.21. The molecule has 0 unspecified atom stereocenters. The maximum atomic E-state index is 12.4. The van der Waals surface area contributed by atoms with E-state index >= 15 is 0 Å². The van der Waals surface area contributed by atoms with Crippen molar-refractivity contribution in [3.8, 4) is 11.5 Å². The molecule has 1 N–H and O–H groups in total. The largest absolute Gasteiger partial charge is 0.490 e. The zero-order valence-electron chi connectivity index (χ0n) is 13.3. The average molecular weight is 334 g/mol. The van der Waals surface area contributed by atoms with Crippen LogP contribution in [-0.2, 0) is 0 Å². The molecule has 0 aromatic heterocycles. The van der Waals surface area contributed by atoms with Gasteiger partial charge in [-0.25, -0.2) is 0 Å². The third-order valence-corrected chi connectivity index (χ3v) is 3.29. The molecule has 0 bridgehead atoms. The van der Waals surface area contributed by atoms with E-state index in [2.05, 4.69) is 5.32 Å². The van der Waals surface area contributed by atoms with Crippen LogP contribution in [0.1, 0.15) is 30.6 Å². The van der Waals surface area contributed by atoms with Crippen molar-refractivity contribution in [2.24, 2.45) is 0 Å². The van der Waals surface area contributed by atoms with Crippen LogP contribution in [-0.4, -0.2) is 19.1 Å². The molecule has 0 saturated heterocycles. The van der Waals surface area contributed by atoms with Crippen molar-refractivity contribution in [3.05, 3.63) is 53.1 Å². The van der Waals surface area contributed by atoms with E-state index in [0.29, 0.717) is 41.0 Å². The van der Waals surface area contributed by atoms with Gasteiger partial charge in [0, 0.05) is 16.3 Å². The van der Waals surface area contributed by atoms with Crippen LogP contribution in [0.25, 0.3) is 0 Å². The van der Waals surface area contributed by atoms with Crippen molar-refractivity contribution >= 4 is 23.2 Å². The fraction of sp³-hybridized carbons (Fsp3) is 0.278. The van der Waals surface area contributed by atoms with E-state index in [-0.39, 0.29) is 5.91 Å². The summed E-state index contributed by atoms with van der Waals surface area (Å²) in [5, 5.41) is 3.38. The monoisotopic (exact) mass is 333 g/mol. The normalized spacial score (nSPS) is 10.2. The lowest BCUT2D eigenvalue weighted by molar-refractivity contribution is 0.102. The summed E-state index contributed by atoms with van der Waals surface area (Å²) in [6, 6.07) is 12.2. The first-order chi connectivity index (χ1) is 11.1. The summed E-state index contributed by atoms with van der Waals surface area (Å²) in [4.78, 5) is 12.4. The molecular formula is C18H20ClNO3. The molecule has 0 saturated carbocycles. The van der Waals surface area contributed by atoms with Crippen LogP contribution in [0.3, 0.4) is 0 Å². The second-order valence-corrected chi connectivity index (χ2v) is 5.34. The van der Waals surface area contributed by atoms with Crippen molar-refractivity contribution < 1.29 is 14.3 Å². The van der Waals surface area contributed by atoms with E-state index in [1.165, 1.54) is 0 Å². The number of nitrogens with one attached hydrogen (secondary N) is 1. The van der Waals surface area contributed by atoms with E-state index in [1.807, 2.05) is 13.8 Å². The highest BCUT2D eigenvalue weighted by molar-refractivity contribution is 6.30. The number of ether oxygens (including phenoxy) is 2. The minimum absolute atomic E-state index is 0.227. The van der Waals surface area contributed by atoms with Gasteiger partial charge in [0.2, 0.25) is 0 Å². The second kappa shape index (κ2) is 8.44. The standard InChI is InChI=1S/C18H20ClNO3/c1-3-10-23-16-9-8-13(11-17(16)22-4-2)18(21)20-15-7-5-6-14(19)12-15/h5-9,11-12H,3-4,10H2,1-2H3,(H,20,21). The van der Waals surface area contributed by atoms with Crippen molar-refractivity contribution in [2.75, 3.05) is 18.5 Å². The van der Waals surface area contributed by atoms with E-state index < -0.39 is 0 Å². The fourth-order valence-electron chi connectivity index (χ4n) is 2.02. The Balaban J connectivity index is 2.17. The van der Waals surface area contributed by atoms with Crippen LogP contribution in [0.5, 0.6) is 11.5 Å². The van der Waals surface area contributed by atoms with Gasteiger partial charge in [-0.2, -0.15) is 0 Å². The van der Waals surface area contributed by atoms with Gasteiger partial charge >= 0.3 is 0 Å². The molecule has 2 aromatic rings. The van der Waals surface area contributed by atoms with E-state index in [0.717, 1.165) is 6.42 Å². The van der Waals surface area contributed by atoms with Crippen molar-refractivity contribution in [2.45, 2.75) is 20.3 Å². The highest BCUT2D eigenvalue weighted by atomic mass is 35.5. The quantitative estimate of drug-likeness (QED) is 0.793. The molecular weight excluding hydrogens is 314 g/mol. The number of hydrogen-bond acceptors (Lipinski definition) is 3. The minimum atomic E-state index is -0.227. The number of benzene rings is 2. The minimum Gasteiger partial charge on any atom is -0.490 e. The van der Waals surface area contributed by atoms with Crippen LogP contribution in [0, 0.1) is 0 Å². The second-order valence-electron chi connectivity index (χ2n) is 4.91. The van der Waals surface area contributed by atoms with Gasteiger partial charge in [-0.05, 0) is 49.7 Å². The molecule has 2 aromatic carbocycles. The zero-order chi connectivity index (χ0) is 16.7. The number of amides is 1. The smallest absolute Gasteiger partial charge is 0.255 e. The first-order valence-electron chi connectivity index (χ1n) is 7.60. The molecule has 0 heterocycles. The van der Waals surface area contributed by atoms with E-state index in [9.17, 15) is 4.79 Å². The first-order valence-corrected chi connectivity index (χ1v) is 7.98. The van der Waals surface area contributed by atoms with E-state index in [1.54, 1.807) is 42.5 Å². The molecule has 4 nitrogen and oxygen atoms in total. The van der Waals surface area contributed by atoms with Crippen molar-refractivity contribution in [1.29, 1.82) is 0 Å². The van der Waals surface area contributed by atoms with Gasteiger partial charge in [0.15, 0.2) is 11.5 Å². The molecule has 0 atom stereocenters. The highest BCUT2D eigenvalue weighted by Gasteiger charge is 2.12. The van der Waals surface area contributed by atoms with Gasteiger partial charge in [0.25, 0.3) is 5.91 Å². The number of rotatable bonds is 7. The number of hydrogen-bond donors (Lipinski definition) is 1. The Morgan fingerprint density at radius 3 is 2.61 bits per heavy atom. The molecule has 0 aliphatic rings. The molecule has 2 rings (SSSR count). The van der Waals surface area contributed by atoms with Gasteiger partial charge in [0.1, 0.15) is 0 Å². The number of carbonyl (C=O) groups is 1. The Hall–Kier alpha value is -2.20. The molecule has 1 amide bonds. The van der Waals surface area contributed by atoms with Gasteiger partial charge < -0.3 is 14.8 Å². The zero-order valence-corrected chi connectivity index (χ0v) is 14.0. The van der Waals surface area contributed by atoms with Gasteiger partial charge in [-0.1, -0.05) is 24.6 Å². The molecule has 0 aliphatic carbocycles. The SMILES string of the molecule is CCCOc1ccc(C(=O)Nc2cccc(Cl)c2)cc1OCC. The predicted octanol–water partition coefficient (Wildman–Crippen LogP) is 4.78. The Kier molecular flexibility index (Phi) is 6.29. The topological polar surface area (TPSA) is 47.6 Å². The highest BCUT2D eigenvalue weighted by Crippen LogP contribution is 2.29. The molecule has 0 aliphatic heterocycles. The van der Waals surface area contributed by atoms with E-state index in [4.69, 9.17) is 21.1 Å². The summed E-state index contributed by atoms with van der Waals surface area (Å²) in [6.45, 7) is 5.03. The summed E-state index contributed by atoms with van der Waals surface area (Å²) in [6.07, 6.45) is 0.905. The Morgan fingerprint density at radius 2 is 1.91 bits per heavy atom. The molecule has 5 heteroatoms. The predicted molar refractivity (Wildman–Crippen MR) is 92.8 cm³/mol. The lowest BCUT2D eigenvalue weighted by Crippen LogP contribution is -2.12. The summed E-state index contributed by atoms with van der Waals surface area (Å²) in [7, 11) is 0. The van der Waals surface area contributed by atoms with Crippen molar-refractivity contribution in [3.63, 3.8) is 0 Å². The van der Waals surface area contributed by atoms with Crippen molar-refractivity contribution in [1.82, 2.24) is 0 Å². The lowest BCUT2D eigenvalue weighted by atomic mass is 10.2. The third-order valence-electron chi connectivity index (χ3n) is 3.05. The van der Waals surface area contributed by atoms with Crippen LogP contribution in [0.4, 0.5) is 5.69 Å². The van der Waals surface area contributed by atoms with Crippen LogP contribution in [0.2, 0.25) is 5.02 Å². The summed E-state index contributed by atoms with van der Waals surface area (Å²) in [5.74, 6) is 0.989. The molecule has 0 radical (unpaired) electrons. The number of carbonyl (C=O) groups excluding carboxylic acids is 1. The maximum Gasteiger partial charge on any atom is 0.255 e. The van der Waals surface area contributed by atoms with Gasteiger partial charge in [0.05, 0.1) is 13.2 Å². The summed E-state index contributed by atoms with van der Waals surface area (Å²) in [5.41, 5.74) is 1.14. The van der Waals surface area contributed by atoms with Crippen LogP contribution < -0.4 is 14.8 Å². The summed E-state index contributed by atoms with van der Waals surface area (Å²) < 4.78 is 11.2. The molecule has 0 fully saturated rings. The molecule has 0 spiro atoms. The van der Waals surface area contributed by atoms with Crippen LogP contribution >= 0.6 is 11.6 Å².